The number of nitrogens with one attached hydrogen (secondary N) is 1. The molecule has 170 valence electrons. The number of rotatable bonds is 8. The molecule has 12 heteroatoms. The van der Waals surface area contributed by atoms with Crippen LogP contribution in [-0.2, 0) is 10.9 Å². The van der Waals surface area contributed by atoms with Crippen molar-refractivity contribution in [3.63, 3.8) is 0 Å². The number of methoxy groups -OCH3 is 2. The maximum absolute atomic E-state index is 11.4. The number of benzene rings is 1. The van der Waals surface area contributed by atoms with Gasteiger partial charge in [-0.1, -0.05) is 6.92 Å². The normalized spacial score (nSPS) is 16.0. The van der Waals surface area contributed by atoms with Crippen molar-refractivity contribution in [1.29, 1.82) is 0 Å². The largest absolute Gasteiger partial charge is 0.493 e. The molecular formula is C19H28N6O5S. The van der Waals surface area contributed by atoms with Gasteiger partial charge in [-0.15, -0.1) is 4.41 Å². The molecule has 0 saturated carbocycles. The average molecular weight is 453 g/mol. The number of nitrogens with two attached hydrogens (primary N) is 1. The van der Waals surface area contributed by atoms with Crippen LogP contribution in [0.15, 0.2) is 18.5 Å². The number of carbonyl (C=O) groups excluding carboxylic acids is 1. The van der Waals surface area contributed by atoms with Gasteiger partial charge in [-0.3, -0.25) is 5.43 Å². The second-order valence-corrected chi connectivity index (χ2v) is 8.48. The minimum Gasteiger partial charge on any atom is -0.493 e. The van der Waals surface area contributed by atoms with Crippen molar-refractivity contribution >= 4 is 33.6 Å². The highest BCUT2D eigenvalue weighted by Gasteiger charge is 2.28. The van der Waals surface area contributed by atoms with E-state index in [0.717, 1.165) is 47.1 Å². The van der Waals surface area contributed by atoms with Crippen LogP contribution in [0.2, 0.25) is 0 Å². The van der Waals surface area contributed by atoms with E-state index in [-0.39, 0.29) is 12.5 Å². The van der Waals surface area contributed by atoms with Crippen LogP contribution in [0.4, 0.5) is 10.6 Å². The van der Waals surface area contributed by atoms with Gasteiger partial charge >= 0.3 is 6.03 Å². The third kappa shape index (κ3) is 5.25. The highest BCUT2D eigenvalue weighted by molar-refractivity contribution is 7.69. The number of primary amides is 1. The van der Waals surface area contributed by atoms with Crippen LogP contribution in [-0.4, -0.2) is 62.7 Å². The van der Waals surface area contributed by atoms with Crippen LogP contribution >= 0.6 is 0 Å². The number of piperidine rings is 1. The van der Waals surface area contributed by atoms with Gasteiger partial charge in [0.2, 0.25) is 10.9 Å². The van der Waals surface area contributed by atoms with Crippen molar-refractivity contribution in [3.8, 4) is 11.5 Å². The molecule has 1 fully saturated rings. The van der Waals surface area contributed by atoms with Gasteiger partial charge in [-0.25, -0.2) is 23.2 Å². The first-order chi connectivity index (χ1) is 14.8. The molecule has 1 aliphatic heterocycles. The van der Waals surface area contributed by atoms with Crippen molar-refractivity contribution in [2.24, 2.45) is 17.6 Å². The lowest BCUT2D eigenvalue weighted by Crippen LogP contribution is -2.47. The lowest BCUT2D eigenvalue weighted by atomic mass is 9.85. The molecule has 0 aliphatic carbocycles. The van der Waals surface area contributed by atoms with E-state index in [4.69, 9.17) is 15.2 Å². The van der Waals surface area contributed by atoms with Crippen LogP contribution in [0.25, 0.3) is 10.9 Å². The summed E-state index contributed by atoms with van der Waals surface area (Å²) in [6, 6.07) is 2.82. The lowest BCUT2D eigenvalue weighted by Gasteiger charge is -2.36. The number of fused-ring (bicyclic) bond motifs is 1. The first-order valence-corrected chi connectivity index (χ1v) is 11.1. The van der Waals surface area contributed by atoms with E-state index in [1.54, 1.807) is 14.2 Å². The van der Waals surface area contributed by atoms with E-state index < -0.39 is 16.9 Å². The van der Waals surface area contributed by atoms with E-state index in [0.29, 0.717) is 17.4 Å². The summed E-state index contributed by atoms with van der Waals surface area (Å²) in [7, 11) is 0.222. The molecule has 1 aromatic carbocycles. The Balaban J connectivity index is 1.72. The number of urea groups is 1. The minimum atomic E-state index is -2.95. The van der Waals surface area contributed by atoms with Gasteiger partial charge in [0.1, 0.15) is 12.1 Å². The van der Waals surface area contributed by atoms with E-state index >= 15 is 0 Å². The third-order valence-corrected chi connectivity index (χ3v) is 6.32. The summed E-state index contributed by atoms with van der Waals surface area (Å²) in [6.07, 6.45) is 3.26. The quantitative estimate of drug-likeness (QED) is 0.397. The summed E-state index contributed by atoms with van der Waals surface area (Å²) in [4.78, 5) is 22.1. The van der Waals surface area contributed by atoms with Gasteiger partial charge in [-0.05, 0) is 30.7 Å². The number of amides is 2. The molecule has 2 aromatic rings. The van der Waals surface area contributed by atoms with Crippen molar-refractivity contribution in [3.05, 3.63) is 18.5 Å². The zero-order valence-corrected chi connectivity index (χ0v) is 18.7. The first kappa shape index (κ1) is 22.8. The lowest BCUT2D eigenvalue weighted by molar-refractivity contribution is 0.202. The van der Waals surface area contributed by atoms with Crippen molar-refractivity contribution in [2.45, 2.75) is 19.8 Å². The monoisotopic (exact) mass is 452 g/mol. The fourth-order valence-electron chi connectivity index (χ4n) is 4.00. The number of thiol groups is 1. The van der Waals surface area contributed by atoms with Gasteiger partial charge in [0.15, 0.2) is 11.5 Å². The molecule has 1 aliphatic rings. The topological polar surface area (TPSA) is 140 Å². The van der Waals surface area contributed by atoms with Crippen molar-refractivity contribution in [1.82, 2.24) is 19.8 Å². The maximum atomic E-state index is 11.4. The van der Waals surface area contributed by atoms with E-state index in [2.05, 4.69) is 20.3 Å². The van der Waals surface area contributed by atoms with E-state index in [1.807, 2.05) is 19.1 Å². The Kier molecular flexibility index (Phi) is 7.33. The number of hydrogen-bond acceptors (Lipinski definition) is 8. The zero-order chi connectivity index (χ0) is 22.5. The SMILES string of the molecule is COc1cc2ncnc(N3CCC(C(C)CN(NC(N)=O)[SH](=O)=O)CC3)c2cc1OC. The summed E-state index contributed by atoms with van der Waals surface area (Å²) in [5, 5.41) is 0.881. The fourth-order valence-corrected chi connectivity index (χ4v) is 4.58. The van der Waals surface area contributed by atoms with Crippen LogP contribution < -0.4 is 25.5 Å². The number of hydrazine groups is 1. The molecule has 1 aromatic heterocycles. The maximum Gasteiger partial charge on any atom is 0.327 e. The molecule has 3 N–H and O–H groups in total. The van der Waals surface area contributed by atoms with Gasteiger partial charge in [-0.2, -0.15) is 0 Å². The van der Waals surface area contributed by atoms with Crippen LogP contribution in [0.3, 0.4) is 0 Å². The van der Waals surface area contributed by atoms with Crippen LogP contribution in [0.5, 0.6) is 11.5 Å². The van der Waals surface area contributed by atoms with Gasteiger partial charge < -0.3 is 20.1 Å². The number of ether oxygens (including phenoxy) is 2. The fraction of sp³-hybridized carbons (Fsp3) is 0.526. The van der Waals surface area contributed by atoms with Crippen molar-refractivity contribution < 1.29 is 22.7 Å². The Bertz CT molecular complexity index is 1000. The molecule has 1 saturated heterocycles. The van der Waals surface area contributed by atoms with Gasteiger partial charge in [0, 0.05) is 31.1 Å². The molecule has 2 heterocycles. The van der Waals surface area contributed by atoms with E-state index in [9.17, 15) is 13.2 Å². The summed E-state index contributed by atoms with van der Waals surface area (Å²) in [5.74, 6) is 2.40. The Morgan fingerprint density at radius 1 is 1.26 bits per heavy atom. The molecule has 0 bridgehead atoms. The second-order valence-electron chi connectivity index (χ2n) is 7.52. The molecule has 31 heavy (non-hydrogen) atoms. The summed E-state index contributed by atoms with van der Waals surface area (Å²) < 4.78 is 34.4. The first-order valence-electron chi connectivity index (χ1n) is 9.93. The minimum absolute atomic E-state index is 0.0494. The standard InChI is InChI=1S/C19H28N6O5S/c1-12(10-25(31(27)28)23-19(20)26)13-4-6-24(7-5-13)18-14-8-16(29-2)17(30-3)9-15(14)21-11-22-18/h8-9,11-13,31H,4-7,10H2,1-3H3,(H3,20,23,26). The number of nitrogens with zero attached hydrogens (tertiary/aromatic N) is 4. The second kappa shape index (κ2) is 9.96. The molecule has 2 amide bonds. The number of carbonyl (C=O) groups is 1. The molecular weight excluding hydrogens is 424 g/mol. The molecule has 3 rings (SSSR count). The number of aromatic nitrogens is 2. The van der Waals surface area contributed by atoms with Gasteiger partial charge in [0.25, 0.3) is 0 Å². The van der Waals surface area contributed by atoms with Crippen molar-refractivity contribution in [2.75, 3.05) is 38.8 Å². The summed E-state index contributed by atoms with van der Waals surface area (Å²) in [5.41, 5.74) is 7.98. The molecule has 0 spiro atoms. The Morgan fingerprint density at radius 3 is 2.48 bits per heavy atom. The molecule has 11 nitrogen and oxygen atoms in total. The highest BCUT2D eigenvalue weighted by atomic mass is 32.2. The van der Waals surface area contributed by atoms with E-state index in [1.165, 1.54) is 6.33 Å². The summed E-state index contributed by atoms with van der Waals surface area (Å²) in [6.45, 7) is 3.69. The van der Waals surface area contributed by atoms with Crippen LogP contribution in [0.1, 0.15) is 19.8 Å². The molecule has 1 unspecified atom stereocenters. The molecule has 1 atom stereocenters. The zero-order valence-electron chi connectivity index (χ0n) is 17.8. The van der Waals surface area contributed by atoms with Crippen LogP contribution in [0, 0.1) is 11.8 Å². The van der Waals surface area contributed by atoms with Gasteiger partial charge in [0.05, 0.1) is 19.7 Å². The highest BCUT2D eigenvalue weighted by Crippen LogP contribution is 2.36. The Morgan fingerprint density at radius 2 is 1.90 bits per heavy atom. The predicted molar refractivity (Wildman–Crippen MR) is 116 cm³/mol. The molecule has 0 radical (unpaired) electrons. The summed E-state index contributed by atoms with van der Waals surface area (Å²) >= 11 is 0. The third-order valence-electron chi connectivity index (χ3n) is 5.66. The number of anilines is 1. The Hall–Kier alpha value is -2.86. The average Bonchev–Trinajstić information content (AvgIpc) is 2.76. The smallest absolute Gasteiger partial charge is 0.327 e. The predicted octanol–water partition coefficient (Wildman–Crippen LogP) is 0.911. The number of hydrogen-bond donors (Lipinski definition) is 3. The Labute approximate surface area is 182 Å².